The molecule has 0 saturated carbocycles. The zero-order chi connectivity index (χ0) is 18.1. The van der Waals surface area contributed by atoms with Crippen LogP contribution in [0.1, 0.15) is 38.2 Å². The van der Waals surface area contributed by atoms with Gasteiger partial charge in [-0.2, -0.15) is 5.10 Å². The van der Waals surface area contributed by atoms with Crippen LogP contribution in [0.15, 0.2) is 29.1 Å². The molecule has 0 aliphatic rings. The maximum absolute atomic E-state index is 12.4. The fourth-order valence-electron chi connectivity index (χ4n) is 2.19. The van der Waals surface area contributed by atoms with Crippen molar-refractivity contribution in [3.63, 3.8) is 0 Å². The lowest BCUT2D eigenvalue weighted by Crippen LogP contribution is -2.46. The Morgan fingerprint density at radius 3 is 2.38 bits per heavy atom. The number of nitrogens with zero attached hydrogens (tertiary/aromatic N) is 2. The summed E-state index contributed by atoms with van der Waals surface area (Å²) in [6.07, 6.45) is -0.977. The summed E-state index contributed by atoms with van der Waals surface area (Å²) in [5.74, 6) is -1.15. The molecule has 1 atom stereocenters. The van der Waals surface area contributed by atoms with E-state index in [0.717, 1.165) is 4.68 Å². The number of nitrogens with one attached hydrogen (secondary N) is 1. The van der Waals surface area contributed by atoms with Gasteiger partial charge >= 0.3 is 5.97 Å². The van der Waals surface area contributed by atoms with Crippen molar-refractivity contribution in [1.82, 2.24) is 15.1 Å². The number of hydrogen-bond acceptors (Lipinski definition) is 5. The zero-order valence-corrected chi connectivity index (χ0v) is 14.4. The standard InChI is InChI=1S/C17H21N3O4/c1-10(14(21)18-17(2,3)4)24-16(23)13-11-8-6-7-9-12(11)15(22)20(5)19-13/h6-10H,1-5H3,(H,18,21)/t10-/m1/s1. The largest absolute Gasteiger partial charge is 0.448 e. The average Bonchev–Trinajstić information content (AvgIpc) is 2.49. The first kappa shape index (κ1) is 17.7. The van der Waals surface area contributed by atoms with E-state index in [0.29, 0.717) is 10.8 Å². The number of aryl methyl sites for hydroxylation is 1. The summed E-state index contributed by atoms with van der Waals surface area (Å²) in [5.41, 5.74) is -0.733. The molecule has 1 N–H and O–H groups in total. The monoisotopic (exact) mass is 331 g/mol. The lowest BCUT2D eigenvalue weighted by atomic mass is 10.1. The summed E-state index contributed by atoms with van der Waals surface area (Å²) in [7, 11) is 1.46. The van der Waals surface area contributed by atoms with E-state index in [1.54, 1.807) is 24.3 Å². The van der Waals surface area contributed by atoms with E-state index >= 15 is 0 Å². The Labute approximate surface area is 139 Å². The highest BCUT2D eigenvalue weighted by Crippen LogP contribution is 2.15. The van der Waals surface area contributed by atoms with E-state index < -0.39 is 23.5 Å². The number of hydrogen-bond donors (Lipinski definition) is 1. The number of ether oxygens (including phenoxy) is 1. The molecular formula is C17H21N3O4. The third-order valence-corrected chi connectivity index (χ3v) is 3.30. The molecule has 0 spiro atoms. The topological polar surface area (TPSA) is 90.3 Å². The summed E-state index contributed by atoms with van der Waals surface area (Å²) in [6, 6.07) is 6.65. The maximum atomic E-state index is 12.4. The minimum absolute atomic E-state index is 0.00288. The molecule has 1 aromatic heterocycles. The van der Waals surface area contributed by atoms with Crippen LogP contribution in [0.25, 0.3) is 10.8 Å². The molecular weight excluding hydrogens is 310 g/mol. The molecule has 1 aromatic carbocycles. The summed E-state index contributed by atoms with van der Waals surface area (Å²) in [4.78, 5) is 36.5. The molecule has 0 radical (unpaired) electrons. The van der Waals surface area contributed by atoms with Gasteiger partial charge in [0.15, 0.2) is 11.8 Å². The van der Waals surface area contributed by atoms with Crippen LogP contribution in [0.2, 0.25) is 0 Å². The molecule has 0 saturated heterocycles. The summed E-state index contributed by atoms with van der Waals surface area (Å²) in [6.45, 7) is 6.99. The van der Waals surface area contributed by atoms with Crippen molar-refractivity contribution in [1.29, 1.82) is 0 Å². The van der Waals surface area contributed by atoms with Crippen molar-refractivity contribution >= 4 is 22.6 Å². The quantitative estimate of drug-likeness (QED) is 0.859. The third-order valence-electron chi connectivity index (χ3n) is 3.30. The number of aromatic nitrogens is 2. The summed E-state index contributed by atoms with van der Waals surface area (Å²) < 4.78 is 6.30. The highest BCUT2D eigenvalue weighted by atomic mass is 16.5. The third kappa shape index (κ3) is 3.79. The minimum atomic E-state index is -0.977. The molecule has 1 heterocycles. The number of carbonyl (C=O) groups is 2. The molecule has 0 fully saturated rings. The van der Waals surface area contributed by atoms with E-state index in [4.69, 9.17) is 4.74 Å². The predicted octanol–water partition coefficient (Wildman–Crippen LogP) is 1.39. The van der Waals surface area contributed by atoms with Gasteiger partial charge in [0.2, 0.25) is 0 Å². The van der Waals surface area contributed by atoms with Gasteiger partial charge in [-0.25, -0.2) is 9.48 Å². The summed E-state index contributed by atoms with van der Waals surface area (Å²) >= 11 is 0. The second-order valence-corrected chi connectivity index (χ2v) is 6.61. The molecule has 0 bridgehead atoms. The SMILES string of the molecule is C[C@@H](OC(=O)c1nn(C)c(=O)c2ccccc12)C(=O)NC(C)(C)C. The van der Waals surface area contributed by atoms with E-state index in [2.05, 4.69) is 10.4 Å². The van der Waals surface area contributed by atoms with Crippen LogP contribution >= 0.6 is 0 Å². The molecule has 128 valence electrons. The van der Waals surface area contributed by atoms with Crippen molar-refractivity contribution in [2.75, 3.05) is 0 Å². The van der Waals surface area contributed by atoms with Crippen molar-refractivity contribution in [2.24, 2.45) is 7.05 Å². The van der Waals surface area contributed by atoms with Crippen LogP contribution in [0.4, 0.5) is 0 Å². The number of benzene rings is 1. The van der Waals surface area contributed by atoms with Crippen LogP contribution in [-0.4, -0.2) is 33.3 Å². The van der Waals surface area contributed by atoms with E-state index in [1.807, 2.05) is 20.8 Å². The van der Waals surface area contributed by atoms with Gasteiger partial charge in [-0.3, -0.25) is 9.59 Å². The maximum Gasteiger partial charge on any atom is 0.360 e. The van der Waals surface area contributed by atoms with Crippen LogP contribution in [0.3, 0.4) is 0 Å². The van der Waals surface area contributed by atoms with Crippen molar-refractivity contribution in [3.8, 4) is 0 Å². The lowest BCUT2D eigenvalue weighted by molar-refractivity contribution is -0.130. The Bertz CT molecular complexity index is 849. The molecule has 0 aliphatic heterocycles. The molecule has 2 aromatic rings. The van der Waals surface area contributed by atoms with Gasteiger partial charge in [-0.15, -0.1) is 0 Å². The highest BCUT2D eigenvalue weighted by Gasteiger charge is 2.25. The van der Waals surface area contributed by atoms with Crippen molar-refractivity contribution in [3.05, 3.63) is 40.3 Å². The average molecular weight is 331 g/mol. The predicted molar refractivity (Wildman–Crippen MR) is 89.8 cm³/mol. The second kappa shape index (κ2) is 6.43. The molecule has 7 heteroatoms. The molecule has 0 aliphatic carbocycles. The number of rotatable bonds is 3. The number of carbonyl (C=O) groups excluding carboxylic acids is 2. The number of amides is 1. The lowest BCUT2D eigenvalue weighted by Gasteiger charge is -2.23. The second-order valence-electron chi connectivity index (χ2n) is 6.61. The van der Waals surface area contributed by atoms with Crippen LogP contribution in [-0.2, 0) is 16.6 Å². The molecule has 24 heavy (non-hydrogen) atoms. The number of esters is 1. The molecule has 0 unspecified atom stereocenters. The fourth-order valence-corrected chi connectivity index (χ4v) is 2.19. The van der Waals surface area contributed by atoms with Gasteiger partial charge in [0.05, 0.1) is 5.39 Å². The first-order valence-electron chi connectivity index (χ1n) is 7.59. The highest BCUT2D eigenvalue weighted by molar-refractivity contribution is 6.02. The van der Waals surface area contributed by atoms with E-state index in [1.165, 1.54) is 14.0 Å². The first-order valence-corrected chi connectivity index (χ1v) is 7.59. The number of fused-ring (bicyclic) bond motifs is 1. The zero-order valence-electron chi connectivity index (χ0n) is 14.4. The fraction of sp³-hybridized carbons (Fsp3) is 0.412. The minimum Gasteiger partial charge on any atom is -0.448 e. The van der Waals surface area contributed by atoms with Gasteiger partial charge in [0.25, 0.3) is 11.5 Å². The van der Waals surface area contributed by atoms with Gasteiger partial charge in [0.1, 0.15) is 0 Å². The Morgan fingerprint density at radius 2 is 1.79 bits per heavy atom. The first-order chi connectivity index (χ1) is 11.1. The van der Waals surface area contributed by atoms with Gasteiger partial charge < -0.3 is 10.1 Å². The molecule has 7 nitrogen and oxygen atoms in total. The van der Waals surface area contributed by atoms with Crippen molar-refractivity contribution < 1.29 is 14.3 Å². The Balaban J connectivity index is 2.31. The smallest absolute Gasteiger partial charge is 0.360 e. The Hall–Kier alpha value is -2.70. The van der Waals surface area contributed by atoms with Gasteiger partial charge in [-0.1, -0.05) is 18.2 Å². The normalized spacial score (nSPS) is 12.7. The Morgan fingerprint density at radius 1 is 1.21 bits per heavy atom. The van der Waals surface area contributed by atoms with E-state index in [9.17, 15) is 14.4 Å². The van der Waals surface area contributed by atoms with Crippen molar-refractivity contribution in [2.45, 2.75) is 39.3 Å². The van der Waals surface area contributed by atoms with Gasteiger partial charge in [-0.05, 0) is 33.8 Å². The van der Waals surface area contributed by atoms with E-state index in [-0.39, 0.29) is 11.3 Å². The molecule has 2 rings (SSSR count). The molecule has 1 amide bonds. The Kier molecular flexibility index (Phi) is 4.73. The van der Waals surface area contributed by atoms with Crippen LogP contribution < -0.4 is 10.9 Å². The van der Waals surface area contributed by atoms with Crippen LogP contribution in [0, 0.1) is 0 Å². The van der Waals surface area contributed by atoms with Gasteiger partial charge in [0, 0.05) is 18.0 Å². The summed E-state index contributed by atoms with van der Waals surface area (Å²) in [5, 5.41) is 7.49. The van der Waals surface area contributed by atoms with Crippen LogP contribution in [0.5, 0.6) is 0 Å².